The molecular formula is C13H13NO2. The maximum atomic E-state index is 5.65. The molecule has 0 atom stereocenters. The van der Waals surface area contributed by atoms with E-state index in [1.54, 1.807) is 0 Å². The van der Waals surface area contributed by atoms with Gasteiger partial charge in [0, 0.05) is 30.6 Å². The maximum Gasteiger partial charge on any atom is 0.163 e. The van der Waals surface area contributed by atoms with E-state index in [1.165, 1.54) is 0 Å². The first kappa shape index (κ1) is 9.33. The van der Waals surface area contributed by atoms with Crippen molar-refractivity contribution in [1.29, 1.82) is 0 Å². The minimum atomic E-state index is 0.724. The first-order chi connectivity index (χ1) is 7.93. The van der Waals surface area contributed by atoms with Crippen molar-refractivity contribution in [3.63, 3.8) is 0 Å². The lowest BCUT2D eigenvalue weighted by Gasteiger charge is -2.09. The Morgan fingerprint density at radius 3 is 2.50 bits per heavy atom. The van der Waals surface area contributed by atoms with Gasteiger partial charge in [-0.25, -0.2) is 0 Å². The molecule has 0 aliphatic carbocycles. The third-order valence-electron chi connectivity index (χ3n) is 2.63. The second-order valence-corrected chi connectivity index (χ2v) is 3.77. The van der Waals surface area contributed by atoms with Crippen molar-refractivity contribution in [2.75, 3.05) is 13.2 Å². The summed E-state index contributed by atoms with van der Waals surface area (Å²) in [6.07, 6.45) is 4.96. The Labute approximate surface area is 94.2 Å². The Morgan fingerprint density at radius 2 is 1.69 bits per heavy atom. The van der Waals surface area contributed by atoms with E-state index < -0.39 is 0 Å². The molecule has 0 N–H and O–H groups in total. The van der Waals surface area contributed by atoms with E-state index in [9.17, 15) is 0 Å². The minimum Gasteiger partial charge on any atom is -0.490 e. The number of nitrogens with zero attached hydrogens (tertiary/aromatic N) is 1. The van der Waals surface area contributed by atoms with Gasteiger partial charge >= 0.3 is 0 Å². The number of rotatable bonds is 1. The highest BCUT2D eigenvalue weighted by Crippen LogP contribution is 2.31. The second-order valence-electron chi connectivity index (χ2n) is 3.77. The van der Waals surface area contributed by atoms with Gasteiger partial charge in [-0.05, 0) is 24.3 Å². The average molecular weight is 215 g/mol. The second kappa shape index (κ2) is 3.93. The number of fused-ring (bicyclic) bond motifs is 1. The molecule has 1 aliphatic rings. The number of aromatic nitrogens is 1. The van der Waals surface area contributed by atoms with Crippen molar-refractivity contribution in [2.24, 2.45) is 0 Å². The predicted molar refractivity (Wildman–Crippen MR) is 61.4 cm³/mol. The molecule has 2 aromatic rings. The number of ether oxygens (including phenoxy) is 2. The molecule has 0 saturated carbocycles. The summed E-state index contributed by atoms with van der Waals surface area (Å²) in [6.45, 7) is 1.46. The highest BCUT2D eigenvalue weighted by Gasteiger charge is 2.10. The monoisotopic (exact) mass is 215 g/mol. The highest BCUT2D eigenvalue weighted by molar-refractivity contribution is 5.49. The maximum absolute atomic E-state index is 5.65. The van der Waals surface area contributed by atoms with Gasteiger partial charge < -0.3 is 14.0 Å². The molecule has 3 rings (SSSR count). The van der Waals surface area contributed by atoms with Crippen LogP contribution in [0, 0.1) is 0 Å². The zero-order chi connectivity index (χ0) is 10.8. The summed E-state index contributed by atoms with van der Waals surface area (Å²) in [4.78, 5) is 0. The summed E-state index contributed by atoms with van der Waals surface area (Å²) < 4.78 is 13.3. The molecule has 0 fully saturated rings. The van der Waals surface area contributed by atoms with Crippen molar-refractivity contribution >= 4 is 0 Å². The fraction of sp³-hybridized carbons (Fsp3) is 0.231. The summed E-state index contributed by atoms with van der Waals surface area (Å²) in [5, 5.41) is 0. The van der Waals surface area contributed by atoms with Crippen molar-refractivity contribution in [3.8, 4) is 17.2 Å². The average Bonchev–Trinajstić information content (AvgIpc) is 2.74. The van der Waals surface area contributed by atoms with Gasteiger partial charge in [0.2, 0.25) is 0 Å². The molecule has 1 aliphatic heterocycles. The van der Waals surface area contributed by atoms with Crippen LogP contribution >= 0.6 is 0 Å². The zero-order valence-corrected chi connectivity index (χ0v) is 8.93. The van der Waals surface area contributed by atoms with Gasteiger partial charge in [0.1, 0.15) is 0 Å². The first-order valence-corrected chi connectivity index (χ1v) is 5.46. The van der Waals surface area contributed by atoms with E-state index in [0.717, 1.165) is 36.8 Å². The van der Waals surface area contributed by atoms with Crippen LogP contribution in [-0.2, 0) is 0 Å². The summed E-state index contributed by atoms with van der Waals surface area (Å²) in [5.41, 5.74) is 1.09. The van der Waals surface area contributed by atoms with Gasteiger partial charge in [-0.3, -0.25) is 0 Å². The van der Waals surface area contributed by atoms with E-state index >= 15 is 0 Å². The Hall–Kier alpha value is -1.90. The standard InChI is InChI=1S/C13H13NO2/c1-2-7-14(6-1)11-4-5-12-13(10-11)16-9-3-8-15-12/h1-2,4-7,10H,3,8-9H2. The third-order valence-corrected chi connectivity index (χ3v) is 2.63. The smallest absolute Gasteiger partial charge is 0.163 e. The Bertz CT molecular complexity index is 477. The number of hydrogen-bond donors (Lipinski definition) is 0. The van der Waals surface area contributed by atoms with Crippen molar-refractivity contribution in [2.45, 2.75) is 6.42 Å². The molecule has 2 heterocycles. The zero-order valence-electron chi connectivity index (χ0n) is 8.93. The molecule has 1 aromatic carbocycles. The SMILES string of the molecule is c1ccn(-c2ccc3c(c2)OCCCO3)c1. The van der Waals surface area contributed by atoms with E-state index in [1.807, 2.05) is 42.7 Å². The van der Waals surface area contributed by atoms with Gasteiger partial charge in [0.15, 0.2) is 11.5 Å². The minimum absolute atomic E-state index is 0.724. The van der Waals surface area contributed by atoms with Gasteiger partial charge in [-0.1, -0.05) is 0 Å². The van der Waals surface area contributed by atoms with E-state index in [-0.39, 0.29) is 0 Å². The van der Waals surface area contributed by atoms with E-state index in [2.05, 4.69) is 4.57 Å². The summed E-state index contributed by atoms with van der Waals surface area (Å²) in [5.74, 6) is 1.68. The summed E-state index contributed by atoms with van der Waals surface area (Å²) >= 11 is 0. The molecular weight excluding hydrogens is 202 g/mol. The largest absolute Gasteiger partial charge is 0.490 e. The van der Waals surface area contributed by atoms with Crippen LogP contribution < -0.4 is 9.47 Å². The third kappa shape index (κ3) is 1.65. The lowest BCUT2D eigenvalue weighted by atomic mass is 10.2. The molecule has 16 heavy (non-hydrogen) atoms. The van der Waals surface area contributed by atoms with Crippen LogP contribution in [0.2, 0.25) is 0 Å². The first-order valence-electron chi connectivity index (χ1n) is 5.46. The lowest BCUT2D eigenvalue weighted by molar-refractivity contribution is 0.297. The Morgan fingerprint density at radius 1 is 0.938 bits per heavy atom. The molecule has 0 saturated heterocycles. The van der Waals surface area contributed by atoms with Crippen molar-refractivity contribution in [3.05, 3.63) is 42.7 Å². The molecule has 0 spiro atoms. The Balaban J connectivity index is 2.01. The quantitative estimate of drug-likeness (QED) is 0.730. The van der Waals surface area contributed by atoms with Crippen LogP contribution in [-0.4, -0.2) is 17.8 Å². The molecule has 0 unspecified atom stereocenters. The van der Waals surface area contributed by atoms with Gasteiger partial charge in [-0.2, -0.15) is 0 Å². The van der Waals surface area contributed by atoms with Gasteiger partial charge in [0.05, 0.1) is 13.2 Å². The van der Waals surface area contributed by atoms with Crippen LogP contribution in [0.5, 0.6) is 11.5 Å². The van der Waals surface area contributed by atoms with Crippen LogP contribution in [0.15, 0.2) is 42.7 Å². The molecule has 3 heteroatoms. The fourth-order valence-corrected chi connectivity index (χ4v) is 1.82. The van der Waals surface area contributed by atoms with Gasteiger partial charge in [0.25, 0.3) is 0 Å². The van der Waals surface area contributed by atoms with E-state index in [0.29, 0.717) is 0 Å². The Kier molecular flexibility index (Phi) is 2.29. The molecule has 0 amide bonds. The van der Waals surface area contributed by atoms with Crippen LogP contribution in [0.1, 0.15) is 6.42 Å². The molecule has 1 aromatic heterocycles. The number of hydrogen-bond acceptors (Lipinski definition) is 2. The normalized spacial score (nSPS) is 14.5. The fourth-order valence-electron chi connectivity index (χ4n) is 1.82. The van der Waals surface area contributed by atoms with Crippen molar-refractivity contribution < 1.29 is 9.47 Å². The van der Waals surface area contributed by atoms with Crippen LogP contribution in [0.4, 0.5) is 0 Å². The molecule has 0 bridgehead atoms. The van der Waals surface area contributed by atoms with Gasteiger partial charge in [-0.15, -0.1) is 0 Å². The topological polar surface area (TPSA) is 23.4 Å². The number of benzene rings is 1. The molecule has 3 nitrogen and oxygen atoms in total. The van der Waals surface area contributed by atoms with Crippen molar-refractivity contribution in [1.82, 2.24) is 4.57 Å². The summed E-state index contributed by atoms with van der Waals surface area (Å²) in [7, 11) is 0. The molecule has 82 valence electrons. The molecule has 0 radical (unpaired) electrons. The lowest BCUT2D eigenvalue weighted by Crippen LogP contribution is -1.97. The van der Waals surface area contributed by atoms with Crippen LogP contribution in [0.3, 0.4) is 0 Å². The van der Waals surface area contributed by atoms with Crippen LogP contribution in [0.25, 0.3) is 5.69 Å². The van der Waals surface area contributed by atoms with E-state index in [4.69, 9.17) is 9.47 Å². The predicted octanol–water partition coefficient (Wildman–Crippen LogP) is 2.64. The highest BCUT2D eigenvalue weighted by atomic mass is 16.5. The summed E-state index contributed by atoms with van der Waals surface area (Å²) in [6, 6.07) is 10.0.